The van der Waals surface area contributed by atoms with Crippen molar-refractivity contribution in [3.05, 3.63) is 24.2 Å². The van der Waals surface area contributed by atoms with Gasteiger partial charge in [0, 0.05) is 12.4 Å². The van der Waals surface area contributed by atoms with E-state index in [2.05, 4.69) is 0 Å². The Morgan fingerprint density at radius 2 is 2.15 bits per heavy atom. The van der Waals surface area contributed by atoms with Crippen molar-refractivity contribution in [2.45, 2.75) is 12.3 Å². The Morgan fingerprint density at radius 1 is 1.46 bits per heavy atom. The lowest BCUT2D eigenvalue weighted by Crippen LogP contribution is -2.34. The molecule has 0 unspecified atom stereocenters. The number of carbonyl (C=O) groups excluding carboxylic acids is 2. The summed E-state index contributed by atoms with van der Waals surface area (Å²) in [5.41, 5.74) is 0. The van der Waals surface area contributed by atoms with E-state index in [9.17, 15) is 19.8 Å². The van der Waals surface area contributed by atoms with E-state index >= 15 is 0 Å². The highest BCUT2D eigenvalue weighted by atomic mass is 16.4. The van der Waals surface area contributed by atoms with Gasteiger partial charge in [-0.15, -0.1) is 0 Å². The van der Waals surface area contributed by atoms with Crippen LogP contribution in [-0.4, -0.2) is 11.9 Å². The molecular formula is C8H6O5-2. The van der Waals surface area contributed by atoms with Crippen LogP contribution in [0.15, 0.2) is 22.8 Å². The maximum Gasteiger partial charge on any atom is 0.112 e. The molecule has 0 aliphatic heterocycles. The van der Waals surface area contributed by atoms with Crippen LogP contribution in [0.2, 0.25) is 0 Å². The van der Waals surface area contributed by atoms with E-state index < -0.39 is 24.3 Å². The molecule has 1 rings (SSSR count). The quantitative estimate of drug-likeness (QED) is 0.550. The third-order valence-corrected chi connectivity index (χ3v) is 1.54. The topological polar surface area (TPSA) is 93.4 Å². The molecule has 0 aliphatic rings. The summed E-state index contributed by atoms with van der Waals surface area (Å²) in [6.45, 7) is 0. The van der Waals surface area contributed by atoms with E-state index in [4.69, 9.17) is 4.42 Å². The molecule has 13 heavy (non-hydrogen) atoms. The smallest absolute Gasteiger partial charge is 0.112 e. The Hall–Kier alpha value is -1.78. The molecule has 0 amide bonds. The van der Waals surface area contributed by atoms with Crippen molar-refractivity contribution in [3.63, 3.8) is 0 Å². The predicted molar refractivity (Wildman–Crippen MR) is 36.1 cm³/mol. The maximum atomic E-state index is 10.5. The Kier molecular flexibility index (Phi) is 2.69. The minimum Gasteiger partial charge on any atom is -0.550 e. The average molecular weight is 182 g/mol. The summed E-state index contributed by atoms with van der Waals surface area (Å²) in [5.74, 6) is -4.16. The van der Waals surface area contributed by atoms with Crippen molar-refractivity contribution in [1.29, 1.82) is 0 Å². The molecule has 0 bridgehead atoms. The summed E-state index contributed by atoms with van der Waals surface area (Å²) in [6.07, 6.45) is 0.621. The minimum absolute atomic E-state index is 0.0594. The Morgan fingerprint density at radius 3 is 2.54 bits per heavy atom. The van der Waals surface area contributed by atoms with E-state index in [1.807, 2.05) is 0 Å². The zero-order valence-corrected chi connectivity index (χ0v) is 6.56. The molecule has 0 fully saturated rings. The highest BCUT2D eigenvalue weighted by Gasteiger charge is 2.15. The molecule has 0 aliphatic carbocycles. The lowest BCUT2D eigenvalue weighted by molar-refractivity contribution is -0.317. The van der Waals surface area contributed by atoms with Crippen LogP contribution >= 0.6 is 0 Å². The first-order chi connectivity index (χ1) is 6.11. The van der Waals surface area contributed by atoms with Crippen LogP contribution in [0.25, 0.3) is 0 Å². The molecule has 0 saturated heterocycles. The molecule has 70 valence electrons. The van der Waals surface area contributed by atoms with Crippen LogP contribution in [0.5, 0.6) is 0 Å². The molecule has 5 heteroatoms. The van der Waals surface area contributed by atoms with Gasteiger partial charge < -0.3 is 24.2 Å². The normalized spacial score (nSPS) is 12.3. The van der Waals surface area contributed by atoms with Gasteiger partial charge in [-0.3, -0.25) is 0 Å². The first-order valence-corrected chi connectivity index (χ1v) is 3.55. The van der Waals surface area contributed by atoms with Gasteiger partial charge in [-0.2, -0.15) is 0 Å². The van der Waals surface area contributed by atoms with Gasteiger partial charge in [0.15, 0.2) is 0 Å². The number of hydrogen-bond donors (Lipinski definition) is 0. The molecule has 0 spiro atoms. The monoisotopic (exact) mass is 182 g/mol. The van der Waals surface area contributed by atoms with Gasteiger partial charge in [0.2, 0.25) is 0 Å². The second-order valence-electron chi connectivity index (χ2n) is 2.46. The number of hydrogen-bond acceptors (Lipinski definition) is 5. The van der Waals surface area contributed by atoms with Gasteiger partial charge in [0.05, 0.1) is 18.2 Å². The van der Waals surface area contributed by atoms with Crippen LogP contribution in [0.3, 0.4) is 0 Å². The fourth-order valence-electron chi connectivity index (χ4n) is 0.956. The molecular weight excluding hydrogens is 176 g/mol. The standard InChI is InChI=1S/C8H8O5/c9-7(10)4-5(8(11)12)6-2-1-3-13-6/h1-3,5H,4H2,(H,9,10)(H,11,12)/p-2/t5-/m1/s1. The predicted octanol–water partition coefficient (Wildman–Crippen LogP) is -1.75. The van der Waals surface area contributed by atoms with Crippen molar-refractivity contribution in [2.75, 3.05) is 0 Å². The third-order valence-electron chi connectivity index (χ3n) is 1.54. The summed E-state index contributed by atoms with van der Waals surface area (Å²) >= 11 is 0. The van der Waals surface area contributed by atoms with Crippen LogP contribution in [-0.2, 0) is 9.59 Å². The van der Waals surface area contributed by atoms with Gasteiger partial charge in [-0.25, -0.2) is 0 Å². The first kappa shape index (κ1) is 9.31. The summed E-state index contributed by atoms with van der Waals surface area (Å²) in [6, 6.07) is 2.85. The molecule has 0 radical (unpaired) electrons. The second-order valence-corrected chi connectivity index (χ2v) is 2.46. The Balaban J connectivity index is 2.81. The molecule has 1 aromatic heterocycles. The van der Waals surface area contributed by atoms with Crippen molar-refractivity contribution in [1.82, 2.24) is 0 Å². The number of carboxylic acid groups (broad SMARTS) is 2. The minimum atomic E-state index is -1.49. The van der Waals surface area contributed by atoms with Crippen molar-refractivity contribution in [3.8, 4) is 0 Å². The first-order valence-electron chi connectivity index (χ1n) is 3.55. The lowest BCUT2D eigenvalue weighted by Gasteiger charge is -2.15. The molecule has 1 atom stereocenters. The average Bonchev–Trinajstić information content (AvgIpc) is 2.50. The molecule has 5 nitrogen and oxygen atoms in total. The Labute approximate surface area is 73.6 Å². The molecule has 1 aromatic rings. The number of furan rings is 1. The van der Waals surface area contributed by atoms with Crippen molar-refractivity contribution < 1.29 is 24.2 Å². The van der Waals surface area contributed by atoms with Crippen LogP contribution in [0.1, 0.15) is 18.1 Å². The molecule has 0 N–H and O–H groups in total. The van der Waals surface area contributed by atoms with Gasteiger partial charge in [-0.05, 0) is 12.1 Å². The van der Waals surface area contributed by atoms with Gasteiger partial charge in [0.25, 0.3) is 0 Å². The van der Waals surface area contributed by atoms with E-state index in [1.54, 1.807) is 0 Å². The maximum absolute atomic E-state index is 10.5. The second kappa shape index (κ2) is 3.75. The number of aliphatic carboxylic acids is 2. The number of rotatable bonds is 4. The molecule has 0 aromatic carbocycles. The van der Waals surface area contributed by atoms with Gasteiger partial charge in [0.1, 0.15) is 5.76 Å². The SMILES string of the molecule is O=C([O-])C[C@@H](C(=O)[O-])c1ccco1. The number of carboxylic acids is 2. The van der Waals surface area contributed by atoms with E-state index in [-0.39, 0.29) is 5.76 Å². The third kappa shape index (κ3) is 2.33. The molecule has 1 heterocycles. The van der Waals surface area contributed by atoms with Crippen LogP contribution in [0.4, 0.5) is 0 Å². The summed E-state index contributed by atoms with van der Waals surface area (Å²) < 4.78 is 4.75. The van der Waals surface area contributed by atoms with Crippen LogP contribution in [0, 0.1) is 0 Å². The van der Waals surface area contributed by atoms with Crippen molar-refractivity contribution in [2.24, 2.45) is 0 Å². The summed E-state index contributed by atoms with van der Waals surface area (Å²) in [4.78, 5) is 20.6. The fraction of sp³-hybridized carbons (Fsp3) is 0.250. The van der Waals surface area contributed by atoms with E-state index in [0.717, 1.165) is 0 Å². The zero-order chi connectivity index (χ0) is 9.84. The highest BCUT2D eigenvalue weighted by molar-refractivity contribution is 5.79. The zero-order valence-electron chi connectivity index (χ0n) is 6.56. The van der Waals surface area contributed by atoms with E-state index in [1.165, 1.54) is 18.4 Å². The highest BCUT2D eigenvalue weighted by Crippen LogP contribution is 2.18. The largest absolute Gasteiger partial charge is 0.550 e. The summed E-state index contributed by atoms with van der Waals surface area (Å²) in [5, 5.41) is 20.6. The Bertz CT molecular complexity index is 300. The fourth-order valence-corrected chi connectivity index (χ4v) is 0.956. The molecule has 0 saturated carbocycles. The summed E-state index contributed by atoms with van der Waals surface area (Å²) in [7, 11) is 0. The van der Waals surface area contributed by atoms with Crippen LogP contribution < -0.4 is 10.2 Å². The van der Waals surface area contributed by atoms with Gasteiger partial charge >= 0.3 is 0 Å². The van der Waals surface area contributed by atoms with Crippen molar-refractivity contribution >= 4 is 11.9 Å². The van der Waals surface area contributed by atoms with E-state index in [0.29, 0.717) is 0 Å². The number of carbonyl (C=O) groups is 2. The lowest BCUT2D eigenvalue weighted by atomic mass is 10.0. The van der Waals surface area contributed by atoms with Gasteiger partial charge in [-0.1, -0.05) is 0 Å².